The fourth-order valence-corrected chi connectivity index (χ4v) is 2.38. The standard InChI is InChI=1S/C15H15IN2O2/c1-10-4-3-5-12(8-10)17-14(19)9-18-11(2)13(16)6-7-15(18)20/h3-8H,9H2,1-2H3,(H,17,19). The molecule has 0 aliphatic carbocycles. The fourth-order valence-electron chi connectivity index (χ4n) is 1.91. The molecule has 4 nitrogen and oxygen atoms in total. The second-order valence-corrected chi connectivity index (χ2v) is 5.77. The Bertz CT molecular complexity index is 707. The number of amides is 1. The fraction of sp³-hybridized carbons (Fsp3) is 0.200. The molecule has 1 aromatic heterocycles. The van der Waals surface area contributed by atoms with Crippen LogP contribution in [0.1, 0.15) is 11.3 Å². The van der Waals surface area contributed by atoms with Gasteiger partial charge in [0.1, 0.15) is 6.54 Å². The monoisotopic (exact) mass is 382 g/mol. The molecule has 1 N–H and O–H groups in total. The topological polar surface area (TPSA) is 51.1 Å². The number of aryl methyl sites for hydroxylation is 1. The summed E-state index contributed by atoms with van der Waals surface area (Å²) in [5, 5.41) is 2.80. The van der Waals surface area contributed by atoms with E-state index in [0.29, 0.717) is 0 Å². The number of carbonyl (C=O) groups is 1. The quantitative estimate of drug-likeness (QED) is 0.831. The number of hydrogen-bond donors (Lipinski definition) is 1. The Labute approximate surface area is 131 Å². The summed E-state index contributed by atoms with van der Waals surface area (Å²) in [4.78, 5) is 23.8. The van der Waals surface area contributed by atoms with E-state index in [4.69, 9.17) is 0 Å². The van der Waals surface area contributed by atoms with Crippen molar-refractivity contribution >= 4 is 34.2 Å². The molecule has 1 amide bonds. The van der Waals surface area contributed by atoms with Gasteiger partial charge in [-0.2, -0.15) is 0 Å². The molecule has 0 atom stereocenters. The summed E-state index contributed by atoms with van der Waals surface area (Å²) in [6.45, 7) is 3.82. The van der Waals surface area contributed by atoms with Gasteiger partial charge in [-0.05, 0) is 60.2 Å². The van der Waals surface area contributed by atoms with Gasteiger partial charge < -0.3 is 9.88 Å². The summed E-state index contributed by atoms with van der Waals surface area (Å²) in [6.07, 6.45) is 0. The zero-order valence-electron chi connectivity index (χ0n) is 11.3. The highest BCUT2D eigenvalue weighted by atomic mass is 127. The molecule has 0 radical (unpaired) electrons. The first-order chi connectivity index (χ1) is 9.47. The van der Waals surface area contributed by atoms with Crippen LogP contribution >= 0.6 is 22.6 Å². The molecule has 1 aromatic carbocycles. The zero-order chi connectivity index (χ0) is 14.7. The number of benzene rings is 1. The van der Waals surface area contributed by atoms with Gasteiger partial charge in [0.15, 0.2) is 0 Å². The van der Waals surface area contributed by atoms with Gasteiger partial charge in [-0.15, -0.1) is 0 Å². The van der Waals surface area contributed by atoms with Crippen molar-refractivity contribution < 1.29 is 4.79 Å². The molecule has 0 saturated heterocycles. The number of aromatic nitrogens is 1. The molecule has 5 heteroatoms. The smallest absolute Gasteiger partial charge is 0.251 e. The van der Waals surface area contributed by atoms with E-state index in [-0.39, 0.29) is 18.0 Å². The van der Waals surface area contributed by atoms with E-state index in [9.17, 15) is 9.59 Å². The predicted octanol–water partition coefficient (Wildman–Crippen LogP) is 2.71. The van der Waals surface area contributed by atoms with Gasteiger partial charge in [0.05, 0.1) is 0 Å². The number of anilines is 1. The van der Waals surface area contributed by atoms with Crippen LogP contribution in [0.5, 0.6) is 0 Å². The van der Waals surface area contributed by atoms with Crippen LogP contribution in [-0.4, -0.2) is 10.5 Å². The van der Waals surface area contributed by atoms with Crippen LogP contribution in [0, 0.1) is 17.4 Å². The van der Waals surface area contributed by atoms with E-state index in [1.807, 2.05) is 38.1 Å². The summed E-state index contributed by atoms with van der Waals surface area (Å²) in [5.74, 6) is -0.206. The number of rotatable bonds is 3. The Hall–Kier alpha value is -1.63. The summed E-state index contributed by atoms with van der Waals surface area (Å²) in [7, 11) is 0. The summed E-state index contributed by atoms with van der Waals surface area (Å²) >= 11 is 2.15. The van der Waals surface area contributed by atoms with E-state index in [1.165, 1.54) is 10.6 Å². The molecule has 2 aromatic rings. The minimum absolute atomic E-state index is 0.0233. The van der Waals surface area contributed by atoms with E-state index in [1.54, 1.807) is 6.07 Å². The van der Waals surface area contributed by atoms with Crippen LogP contribution in [-0.2, 0) is 11.3 Å². The summed E-state index contributed by atoms with van der Waals surface area (Å²) in [5.41, 5.74) is 2.46. The number of pyridine rings is 1. The molecule has 0 aliphatic heterocycles. The van der Waals surface area contributed by atoms with E-state index < -0.39 is 0 Å². The minimum atomic E-state index is -0.206. The molecule has 0 aliphatic rings. The van der Waals surface area contributed by atoms with Gasteiger partial charge in [-0.25, -0.2) is 0 Å². The molecule has 0 saturated carbocycles. The lowest BCUT2D eigenvalue weighted by molar-refractivity contribution is -0.116. The van der Waals surface area contributed by atoms with E-state index in [2.05, 4.69) is 27.9 Å². The molecular weight excluding hydrogens is 367 g/mol. The highest BCUT2D eigenvalue weighted by Gasteiger charge is 2.09. The van der Waals surface area contributed by atoms with Crippen molar-refractivity contribution in [2.75, 3.05) is 5.32 Å². The molecule has 0 spiro atoms. The molecular formula is C15H15IN2O2. The van der Waals surface area contributed by atoms with Crippen molar-refractivity contribution in [2.24, 2.45) is 0 Å². The first-order valence-corrected chi connectivity index (χ1v) is 7.28. The second-order valence-electron chi connectivity index (χ2n) is 4.61. The van der Waals surface area contributed by atoms with Crippen LogP contribution in [0.4, 0.5) is 5.69 Å². The van der Waals surface area contributed by atoms with Gasteiger partial charge in [-0.1, -0.05) is 12.1 Å². The SMILES string of the molecule is Cc1cccc(NC(=O)Cn2c(C)c(I)ccc2=O)c1. The van der Waals surface area contributed by atoms with Crippen LogP contribution in [0.2, 0.25) is 0 Å². The number of halogens is 1. The molecule has 0 unspecified atom stereocenters. The Kier molecular flexibility index (Phi) is 4.59. The van der Waals surface area contributed by atoms with E-state index in [0.717, 1.165) is 20.5 Å². The lowest BCUT2D eigenvalue weighted by atomic mass is 10.2. The van der Waals surface area contributed by atoms with Gasteiger partial charge in [0, 0.05) is 21.0 Å². The van der Waals surface area contributed by atoms with Gasteiger partial charge >= 0.3 is 0 Å². The maximum absolute atomic E-state index is 12.0. The normalized spacial score (nSPS) is 10.3. The first kappa shape index (κ1) is 14.8. The second kappa shape index (κ2) is 6.21. The maximum atomic E-state index is 12.0. The Morgan fingerprint density at radius 1 is 1.25 bits per heavy atom. The van der Waals surface area contributed by atoms with E-state index >= 15 is 0 Å². The lowest BCUT2D eigenvalue weighted by Crippen LogP contribution is -2.29. The third-order valence-corrected chi connectivity index (χ3v) is 4.13. The largest absolute Gasteiger partial charge is 0.325 e. The number of nitrogens with one attached hydrogen (secondary N) is 1. The molecule has 0 bridgehead atoms. The van der Waals surface area contributed by atoms with Crippen molar-refractivity contribution in [3.63, 3.8) is 0 Å². The molecule has 0 fully saturated rings. The average Bonchev–Trinajstić information content (AvgIpc) is 2.39. The zero-order valence-corrected chi connectivity index (χ0v) is 13.5. The van der Waals surface area contributed by atoms with Crippen LogP contribution in [0.3, 0.4) is 0 Å². The molecule has 1 heterocycles. The molecule has 104 valence electrons. The van der Waals surface area contributed by atoms with Gasteiger partial charge in [0.2, 0.25) is 5.91 Å². The number of hydrogen-bond acceptors (Lipinski definition) is 2. The maximum Gasteiger partial charge on any atom is 0.251 e. The highest BCUT2D eigenvalue weighted by Crippen LogP contribution is 2.11. The average molecular weight is 382 g/mol. The predicted molar refractivity (Wildman–Crippen MR) is 88.0 cm³/mol. The van der Waals surface area contributed by atoms with Crippen LogP contribution < -0.4 is 10.9 Å². The van der Waals surface area contributed by atoms with Crippen molar-refractivity contribution in [3.05, 3.63) is 61.6 Å². The van der Waals surface area contributed by atoms with Crippen molar-refractivity contribution in [2.45, 2.75) is 20.4 Å². The van der Waals surface area contributed by atoms with Crippen molar-refractivity contribution in [3.8, 4) is 0 Å². The van der Waals surface area contributed by atoms with Crippen molar-refractivity contribution in [1.29, 1.82) is 0 Å². The number of nitrogens with zero attached hydrogens (tertiary/aromatic N) is 1. The minimum Gasteiger partial charge on any atom is -0.325 e. The lowest BCUT2D eigenvalue weighted by Gasteiger charge is -2.11. The van der Waals surface area contributed by atoms with Crippen LogP contribution in [0.15, 0.2) is 41.2 Å². The van der Waals surface area contributed by atoms with Crippen LogP contribution in [0.25, 0.3) is 0 Å². The Morgan fingerprint density at radius 2 is 2.00 bits per heavy atom. The Morgan fingerprint density at radius 3 is 2.70 bits per heavy atom. The first-order valence-electron chi connectivity index (χ1n) is 6.20. The molecule has 20 heavy (non-hydrogen) atoms. The summed E-state index contributed by atoms with van der Waals surface area (Å²) in [6, 6.07) is 10.8. The Balaban J connectivity index is 2.17. The van der Waals surface area contributed by atoms with Crippen molar-refractivity contribution in [1.82, 2.24) is 4.57 Å². The van der Waals surface area contributed by atoms with Gasteiger partial charge in [-0.3, -0.25) is 9.59 Å². The summed E-state index contributed by atoms with van der Waals surface area (Å²) < 4.78 is 2.44. The third-order valence-electron chi connectivity index (χ3n) is 2.99. The third kappa shape index (κ3) is 3.47. The molecule has 2 rings (SSSR count). The van der Waals surface area contributed by atoms with Gasteiger partial charge in [0.25, 0.3) is 5.56 Å². The number of carbonyl (C=O) groups excluding carboxylic acids is 1. The highest BCUT2D eigenvalue weighted by molar-refractivity contribution is 14.1.